The monoisotopic (exact) mass is 348 g/mol. The Kier molecular flexibility index (Phi) is 6.14. The van der Waals surface area contributed by atoms with Crippen LogP contribution in [0.1, 0.15) is 17.0 Å². The van der Waals surface area contributed by atoms with Gasteiger partial charge in [0, 0.05) is 27.6 Å². The molecule has 1 unspecified atom stereocenters. The van der Waals surface area contributed by atoms with E-state index < -0.39 is 0 Å². The maximum atomic E-state index is 6.20. The summed E-state index contributed by atoms with van der Waals surface area (Å²) in [6.07, 6.45) is 5.83. The van der Waals surface area contributed by atoms with Crippen molar-refractivity contribution < 1.29 is 9.47 Å². The fourth-order valence-electron chi connectivity index (χ4n) is 2.25. The second kappa shape index (κ2) is 8.09. The van der Waals surface area contributed by atoms with Crippen LogP contribution in [0, 0.1) is 0 Å². The average Bonchev–Trinajstić information content (AvgIpc) is 2.57. The van der Waals surface area contributed by atoms with E-state index in [9.17, 15) is 0 Å². The molecule has 0 aliphatic heterocycles. The SMILES string of the molecule is C=CC(/C=C/c1ccc(Cl)cc1Cl)c1ccc(OC)cc1OC. The largest absolute Gasteiger partial charge is 0.497 e. The zero-order valence-electron chi connectivity index (χ0n) is 13.1. The van der Waals surface area contributed by atoms with Gasteiger partial charge in [-0.1, -0.05) is 53.6 Å². The molecule has 0 aliphatic carbocycles. The number of rotatable bonds is 6. The van der Waals surface area contributed by atoms with Crippen LogP contribution in [0.2, 0.25) is 10.0 Å². The van der Waals surface area contributed by atoms with Crippen molar-refractivity contribution in [1.82, 2.24) is 0 Å². The Morgan fingerprint density at radius 1 is 1.04 bits per heavy atom. The lowest BCUT2D eigenvalue weighted by molar-refractivity contribution is 0.391. The normalized spacial score (nSPS) is 12.2. The van der Waals surface area contributed by atoms with Crippen molar-refractivity contribution in [2.45, 2.75) is 5.92 Å². The third-order valence-electron chi connectivity index (χ3n) is 3.50. The molecule has 0 fully saturated rings. The smallest absolute Gasteiger partial charge is 0.126 e. The summed E-state index contributed by atoms with van der Waals surface area (Å²) in [6, 6.07) is 11.1. The summed E-state index contributed by atoms with van der Waals surface area (Å²) in [7, 11) is 3.26. The topological polar surface area (TPSA) is 18.5 Å². The molecule has 4 heteroatoms. The minimum absolute atomic E-state index is 0.0115. The quantitative estimate of drug-likeness (QED) is 0.596. The molecule has 0 radical (unpaired) electrons. The van der Waals surface area contributed by atoms with E-state index >= 15 is 0 Å². The van der Waals surface area contributed by atoms with Gasteiger partial charge < -0.3 is 9.47 Å². The standard InChI is InChI=1S/C19H18Cl2O2/c1-4-13(5-6-14-7-8-15(20)11-18(14)21)17-10-9-16(22-2)12-19(17)23-3/h4-13H,1H2,2-3H3/b6-5+. The Morgan fingerprint density at radius 3 is 2.43 bits per heavy atom. The molecule has 0 heterocycles. The van der Waals surface area contributed by atoms with Crippen molar-refractivity contribution in [3.63, 3.8) is 0 Å². The molecular weight excluding hydrogens is 331 g/mol. The van der Waals surface area contributed by atoms with Gasteiger partial charge in [-0.3, -0.25) is 0 Å². The van der Waals surface area contributed by atoms with Gasteiger partial charge in [-0.2, -0.15) is 0 Å². The number of halogens is 2. The van der Waals surface area contributed by atoms with Crippen molar-refractivity contribution in [3.05, 3.63) is 76.3 Å². The van der Waals surface area contributed by atoms with Crippen LogP contribution in [0.5, 0.6) is 11.5 Å². The van der Waals surface area contributed by atoms with E-state index in [0.29, 0.717) is 10.0 Å². The Balaban J connectivity index is 2.33. The average molecular weight is 349 g/mol. The molecule has 2 nitrogen and oxygen atoms in total. The molecule has 0 saturated heterocycles. The highest BCUT2D eigenvalue weighted by Crippen LogP contribution is 2.33. The molecule has 23 heavy (non-hydrogen) atoms. The van der Waals surface area contributed by atoms with Gasteiger partial charge in [0.1, 0.15) is 11.5 Å². The Hall–Kier alpha value is -1.90. The molecule has 1 atom stereocenters. The van der Waals surface area contributed by atoms with Crippen molar-refractivity contribution in [1.29, 1.82) is 0 Å². The molecule has 2 aromatic carbocycles. The first kappa shape index (κ1) is 17.5. The van der Waals surface area contributed by atoms with Gasteiger partial charge in [0.15, 0.2) is 0 Å². The van der Waals surface area contributed by atoms with Crippen LogP contribution < -0.4 is 9.47 Å². The lowest BCUT2D eigenvalue weighted by atomic mass is 9.96. The van der Waals surface area contributed by atoms with Gasteiger partial charge in [-0.05, 0) is 23.8 Å². The van der Waals surface area contributed by atoms with E-state index in [4.69, 9.17) is 32.7 Å². The minimum Gasteiger partial charge on any atom is -0.497 e. The van der Waals surface area contributed by atoms with Crippen molar-refractivity contribution in [2.75, 3.05) is 14.2 Å². The zero-order chi connectivity index (χ0) is 16.8. The lowest BCUT2D eigenvalue weighted by Gasteiger charge is -2.14. The summed E-state index contributed by atoms with van der Waals surface area (Å²) >= 11 is 12.1. The summed E-state index contributed by atoms with van der Waals surface area (Å²) in [4.78, 5) is 0. The minimum atomic E-state index is -0.0115. The second-order valence-corrected chi connectivity index (χ2v) is 5.74. The molecule has 0 saturated carbocycles. The highest BCUT2D eigenvalue weighted by atomic mass is 35.5. The predicted octanol–water partition coefficient (Wildman–Crippen LogP) is 5.99. The van der Waals surface area contributed by atoms with Gasteiger partial charge in [0.2, 0.25) is 0 Å². The molecule has 0 aromatic heterocycles. The fourth-order valence-corrected chi connectivity index (χ4v) is 2.72. The van der Waals surface area contributed by atoms with E-state index in [1.165, 1.54) is 0 Å². The van der Waals surface area contributed by atoms with Crippen LogP contribution >= 0.6 is 23.2 Å². The molecule has 120 valence electrons. The van der Waals surface area contributed by atoms with Crippen LogP contribution in [0.15, 0.2) is 55.1 Å². The lowest BCUT2D eigenvalue weighted by Crippen LogP contribution is -1.97. The van der Waals surface area contributed by atoms with Crippen molar-refractivity contribution in [2.24, 2.45) is 0 Å². The van der Waals surface area contributed by atoms with Gasteiger partial charge in [-0.25, -0.2) is 0 Å². The highest BCUT2D eigenvalue weighted by molar-refractivity contribution is 6.35. The molecule has 2 rings (SSSR count). The van der Waals surface area contributed by atoms with Gasteiger partial charge in [0.25, 0.3) is 0 Å². The summed E-state index contributed by atoms with van der Waals surface area (Å²) in [6.45, 7) is 3.91. The number of benzene rings is 2. The maximum absolute atomic E-state index is 6.20. The van der Waals surface area contributed by atoms with Crippen LogP contribution in [-0.4, -0.2) is 14.2 Å². The fraction of sp³-hybridized carbons (Fsp3) is 0.158. The molecule has 2 aromatic rings. The van der Waals surface area contributed by atoms with Gasteiger partial charge in [0.05, 0.1) is 14.2 Å². The molecule has 0 spiro atoms. The van der Waals surface area contributed by atoms with E-state index in [1.807, 2.05) is 48.6 Å². The summed E-state index contributed by atoms with van der Waals surface area (Å²) in [5.74, 6) is 1.49. The van der Waals surface area contributed by atoms with Crippen molar-refractivity contribution in [3.8, 4) is 11.5 Å². The van der Waals surface area contributed by atoms with Crippen LogP contribution in [0.3, 0.4) is 0 Å². The molecule has 0 N–H and O–H groups in total. The van der Waals surface area contributed by atoms with E-state index in [-0.39, 0.29) is 5.92 Å². The zero-order valence-corrected chi connectivity index (χ0v) is 14.6. The highest BCUT2D eigenvalue weighted by Gasteiger charge is 2.12. The van der Waals surface area contributed by atoms with E-state index in [0.717, 1.165) is 22.6 Å². The number of hydrogen-bond donors (Lipinski definition) is 0. The first-order valence-electron chi connectivity index (χ1n) is 7.06. The summed E-state index contributed by atoms with van der Waals surface area (Å²) in [5, 5.41) is 1.22. The Labute approximate surface area is 146 Å². The summed E-state index contributed by atoms with van der Waals surface area (Å²) < 4.78 is 10.7. The molecular formula is C19H18Cl2O2. The third-order valence-corrected chi connectivity index (χ3v) is 4.06. The van der Waals surface area contributed by atoms with Crippen LogP contribution in [-0.2, 0) is 0 Å². The van der Waals surface area contributed by atoms with Crippen LogP contribution in [0.4, 0.5) is 0 Å². The molecule has 0 aliphatic rings. The van der Waals surface area contributed by atoms with E-state index in [1.54, 1.807) is 20.3 Å². The van der Waals surface area contributed by atoms with E-state index in [2.05, 4.69) is 6.58 Å². The van der Waals surface area contributed by atoms with Gasteiger partial charge >= 0.3 is 0 Å². The predicted molar refractivity (Wildman–Crippen MR) is 98.0 cm³/mol. The van der Waals surface area contributed by atoms with Crippen molar-refractivity contribution >= 4 is 29.3 Å². The number of hydrogen-bond acceptors (Lipinski definition) is 2. The molecule has 0 amide bonds. The number of allylic oxidation sites excluding steroid dienone is 2. The first-order valence-corrected chi connectivity index (χ1v) is 7.82. The summed E-state index contributed by atoms with van der Waals surface area (Å²) in [5.41, 5.74) is 1.90. The third kappa shape index (κ3) is 4.31. The van der Waals surface area contributed by atoms with Gasteiger partial charge in [-0.15, -0.1) is 6.58 Å². The Morgan fingerprint density at radius 2 is 1.83 bits per heavy atom. The number of ether oxygens (including phenoxy) is 2. The Bertz CT molecular complexity index is 723. The van der Waals surface area contributed by atoms with Crippen LogP contribution in [0.25, 0.3) is 6.08 Å². The second-order valence-electron chi connectivity index (χ2n) is 4.89. The molecule has 0 bridgehead atoms. The number of methoxy groups -OCH3 is 2. The first-order chi connectivity index (χ1) is 11.1. The maximum Gasteiger partial charge on any atom is 0.126 e.